The molecule has 8 nitrogen and oxygen atoms in total. The van der Waals surface area contributed by atoms with Gasteiger partial charge in [0.05, 0.1) is 18.0 Å². The van der Waals surface area contributed by atoms with Gasteiger partial charge in [-0.25, -0.2) is 9.97 Å². The first kappa shape index (κ1) is 17.6. The van der Waals surface area contributed by atoms with Gasteiger partial charge in [0.15, 0.2) is 0 Å². The van der Waals surface area contributed by atoms with Crippen molar-refractivity contribution < 1.29 is 4.92 Å². The first-order chi connectivity index (χ1) is 14.2. The summed E-state index contributed by atoms with van der Waals surface area (Å²) in [5, 5.41) is 18.2. The summed E-state index contributed by atoms with van der Waals surface area (Å²) in [6.07, 6.45) is 2.19. The van der Waals surface area contributed by atoms with Crippen molar-refractivity contribution in [1.82, 2.24) is 15.0 Å². The number of aromatic amines is 1. The van der Waals surface area contributed by atoms with Crippen molar-refractivity contribution in [3.8, 4) is 0 Å². The summed E-state index contributed by atoms with van der Waals surface area (Å²) in [6.45, 7) is 1.70. The van der Waals surface area contributed by atoms with Gasteiger partial charge in [0, 0.05) is 28.0 Å². The van der Waals surface area contributed by atoms with E-state index < -0.39 is 4.92 Å². The minimum atomic E-state index is -0.396. The lowest BCUT2D eigenvalue weighted by atomic mass is 10.0. The van der Waals surface area contributed by atoms with Gasteiger partial charge in [0.25, 0.3) is 0 Å². The Hall–Kier alpha value is -3.46. The second kappa shape index (κ2) is 7.17. The van der Waals surface area contributed by atoms with Crippen LogP contribution in [0.1, 0.15) is 16.1 Å². The molecule has 0 fully saturated rings. The maximum atomic E-state index is 11.9. The average Bonchev–Trinajstić information content (AvgIpc) is 3.38. The molecule has 0 aliphatic carbocycles. The normalized spacial score (nSPS) is 13.4. The minimum Gasteiger partial charge on any atom is -0.359 e. The molecule has 0 spiro atoms. The number of benzene rings is 1. The topological polar surface area (TPSA) is 100.0 Å². The molecule has 0 unspecified atom stereocenters. The molecule has 3 aromatic heterocycles. The van der Waals surface area contributed by atoms with Gasteiger partial charge in [-0.2, -0.15) is 0 Å². The number of hydrogen-bond acceptors (Lipinski definition) is 7. The number of hydrogen-bond donors (Lipinski definition) is 2. The highest BCUT2D eigenvalue weighted by atomic mass is 32.1. The zero-order valence-electron chi connectivity index (χ0n) is 15.5. The summed E-state index contributed by atoms with van der Waals surface area (Å²) in [5.41, 5.74) is 3.38. The highest BCUT2D eigenvalue weighted by molar-refractivity contribution is 7.09. The SMILES string of the molecule is O=[N+]([O-])c1c(NCc2cccs2)ncnc1N1CCc2c([nH]c3ccccc23)C1. The van der Waals surface area contributed by atoms with Crippen molar-refractivity contribution in [3.63, 3.8) is 0 Å². The van der Waals surface area contributed by atoms with E-state index in [2.05, 4.69) is 32.4 Å². The van der Waals surface area contributed by atoms with Crippen LogP contribution in [0, 0.1) is 10.1 Å². The predicted octanol–water partition coefficient (Wildman–Crippen LogP) is 4.10. The molecule has 4 aromatic rings. The molecule has 29 heavy (non-hydrogen) atoms. The Balaban J connectivity index is 1.47. The summed E-state index contributed by atoms with van der Waals surface area (Å²) in [5.74, 6) is 0.596. The Bertz CT molecular complexity index is 1190. The van der Waals surface area contributed by atoms with Gasteiger partial charge in [0.1, 0.15) is 6.33 Å². The van der Waals surface area contributed by atoms with Crippen LogP contribution < -0.4 is 10.2 Å². The summed E-state index contributed by atoms with van der Waals surface area (Å²) in [6, 6.07) is 12.1. The molecule has 0 amide bonds. The number of para-hydroxylation sites is 1. The predicted molar refractivity (Wildman–Crippen MR) is 113 cm³/mol. The molecular weight excluding hydrogens is 388 g/mol. The number of anilines is 2. The van der Waals surface area contributed by atoms with Crippen LogP contribution >= 0.6 is 11.3 Å². The smallest absolute Gasteiger partial charge is 0.353 e. The fourth-order valence-electron chi connectivity index (χ4n) is 3.86. The van der Waals surface area contributed by atoms with Crippen LogP contribution in [-0.2, 0) is 19.5 Å². The van der Waals surface area contributed by atoms with Crippen LogP contribution in [0.2, 0.25) is 0 Å². The highest BCUT2D eigenvalue weighted by Gasteiger charge is 2.30. The Kier molecular flexibility index (Phi) is 4.36. The van der Waals surface area contributed by atoms with Crippen molar-refractivity contribution in [1.29, 1.82) is 0 Å². The van der Waals surface area contributed by atoms with Gasteiger partial charge in [0.2, 0.25) is 11.6 Å². The summed E-state index contributed by atoms with van der Waals surface area (Å²) >= 11 is 1.59. The van der Waals surface area contributed by atoms with Crippen molar-refractivity contribution in [2.75, 3.05) is 16.8 Å². The first-order valence-corrected chi connectivity index (χ1v) is 10.2. The molecule has 1 aromatic carbocycles. The van der Waals surface area contributed by atoms with Crippen molar-refractivity contribution in [3.05, 3.63) is 74.4 Å². The van der Waals surface area contributed by atoms with E-state index >= 15 is 0 Å². The van der Waals surface area contributed by atoms with Gasteiger partial charge >= 0.3 is 5.69 Å². The Morgan fingerprint density at radius 3 is 2.97 bits per heavy atom. The molecule has 0 bridgehead atoms. The third-order valence-electron chi connectivity index (χ3n) is 5.18. The molecule has 0 saturated heterocycles. The third kappa shape index (κ3) is 3.19. The summed E-state index contributed by atoms with van der Waals surface area (Å²) in [4.78, 5) is 26.4. The van der Waals surface area contributed by atoms with Crippen LogP contribution in [0.4, 0.5) is 17.3 Å². The Labute approximate surface area is 170 Å². The second-order valence-electron chi connectivity index (χ2n) is 6.88. The van der Waals surface area contributed by atoms with Gasteiger partial charge in [-0.3, -0.25) is 10.1 Å². The lowest BCUT2D eigenvalue weighted by Gasteiger charge is -2.27. The number of nitrogens with zero attached hydrogens (tertiary/aromatic N) is 4. The molecule has 5 rings (SSSR count). The van der Waals surface area contributed by atoms with Crippen molar-refractivity contribution in [2.45, 2.75) is 19.5 Å². The van der Waals surface area contributed by atoms with E-state index in [9.17, 15) is 10.1 Å². The summed E-state index contributed by atoms with van der Waals surface area (Å²) < 4.78 is 0. The number of rotatable bonds is 5. The van der Waals surface area contributed by atoms with Crippen LogP contribution in [0.3, 0.4) is 0 Å². The standard InChI is InChI=1S/C20H18N6O2S/c27-26(28)18-19(21-10-13-4-3-9-29-13)22-12-23-20(18)25-8-7-15-14-5-1-2-6-16(14)24-17(15)11-25/h1-6,9,12,24H,7-8,10-11H2,(H,21,22,23). The molecular formula is C20H18N6O2S. The molecule has 0 saturated carbocycles. The van der Waals surface area contributed by atoms with Gasteiger partial charge < -0.3 is 15.2 Å². The molecule has 0 atom stereocenters. The zero-order chi connectivity index (χ0) is 19.8. The van der Waals surface area contributed by atoms with Gasteiger partial charge in [-0.05, 0) is 29.5 Å². The molecule has 1 aliphatic rings. The number of fused-ring (bicyclic) bond motifs is 3. The van der Waals surface area contributed by atoms with E-state index in [4.69, 9.17) is 0 Å². The van der Waals surface area contributed by atoms with E-state index in [0.717, 1.165) is 22.5 Å². The molecule has 0 radical (unpaired) electrons. The number of H-pyrrole nitrogens is 1. The molecule has 1 aliphatic heterocycles. The fraction of sp³-hybridized carbons (Fsp3) is 0.200. The monoisotopic (exact) mass is 406 g/mol. The number of aromatic nitrogens is 3. The van der Waals surface area contributed by atoms with Crippen molar-refractivity contribution >= 4 is 39.6 Å². The van der Waals surface area contributed by atoms with E-state index in [1.807, 2.05) is 34.5 Å². The summed E-state index contributed by atoms with van der Waals surface area (Å²) in [7, 11) is 0. The van der Waals surface area contributed by atoms with Crippen LogP contribution in [0.5, 0.6) is 0 Å². The molecule has 146 valence electrons. The fourth-order valence-corrected chi connectivity index (χ4v) is 4.50. The molecule has 2 N–H and O–H groups in total. The lowest BCUT2D eigenvalue weighted by molar-refractivity contribution is -0.383. The van der Waals surface area contributed by atoms with Crippen molar-refractivity contribution in [2.24, 2.45) is 0 Å². The molecule has 4 heterocycles. The van der Waals surface area contributed by atoms with E-state index in [1.165, 1.54) is 17.3 Å². The Morgan fingerprint density at radius 1 is 1.24 bits per heavy atom. The molecule has 9 heteroatoms. The van der Waals surface area contributed by atoms with Gasteiger partial charge in [-0.15, -0.1) is 11.3 Å². The van der Waals surface area contributed by atoms with Crippen LogP contribution in [0.25, 0.3) is 10.9 Å². The van der Waals surface area contributed by atoms with Crippen LogP contribution in [-0.4, -0.2) is 26.4 Å². The van der Waals surface area contributed by atoms with E-state index in [1.54, 1.807) is 11.3 Å². The largest absolute Gasteiger partial charge is 0.359 e. The maximum Gasteiger partial charge on any atom is 0.353 e. The number of nitrogens with one attached hydrogen (secondary N) is 2. The lowest BCUT2D eigenvalue weighted by Crippen LogP contribution is -2.31. The van der Waals surface area contributed by atoms with E-state index in [0.29, 0.717) is 25.5 Å². The second-order valence-corrected chi connectivity index (χ2v) is 7.92. The van der Waals surface area contributed by atoms with Crippen LogP contribution in [0.15, 0.2) is 48.1 Å². The first-order valence-electron chi connectivity index (χ1n) is 9.30. The quantitative estimate of drug-likeness (QED) is 0.382. The zero-order valence-corrected chi connectivity index (χ0v) is 16.3. The minimum absolute atomic E-state index is 0.0800. The van der Waals surface area contributed by atoms with E-state index in [-0.39, 0.29) is 11.5 Å². The average molecular weight is 406 g/mol. The highest BCUT2D eigenvalue weighted by Crippen LogP contribution is 2.36. The number of nitro groups is 1. The number of thiophene rings is 1. The third-order valence-corrected chi connectivity index (χ3v) is 6.05. The maximum absolute atomic E-state index is 11.9. The van der Waals surface area contributed by atoms with Gasteiger partial charge in [-0.1, -0.05) is 24.3 Å². The Morgan fingerprint density at radius 2 is 2.14 bits per heavy atom.